The lowest BCUT2D eigenvalue weighted by atomic mass is 10.1. The fraction of sp³-hybridized carbons (Fsp3) is 0.583. The predicted molar refractivity (Wildman–Crippen MR) is 69.3 cm³/mol. The molecule has 1 N–H and O–H groups in total. The number of nitrogens with zero attached hydrogens (tertiary/aromatic N) is 2. The number of pyridine rings is 1. The molecule has 2 heterocycles. The van der Waals surface area contributed by atoms with E-state index >= 15 is 0 Å². The first kappa shape index (κ1) is 12.0. The molecule has 1 fully saturated rings. The summed E-state index contributed by atoms with van der Waals surface area (Å²) >= 11 is 3.41. The van der Waals surface area contributed by atoms with Crippen molar-refractivity contribution in [1.82, 2.24) is 15.2 Å². The fourth-order valence-electron chi connectivity index (χ4n) is 2.17. The van der Waals surface area contributed by atoms with Crippen LogP contribution >= 0.6 is 15.9 Å². The van der Waals surface area contributed by atoms with Crippen LogP contribution in [0.15, 0.2) is 22.9 Å². The van der Waals surface area contributed by atoms with Gasteiger partial charge in [-0.05, 0) is 60.1 Å². The maximum atomic E-state index is 4.15. The summed E-state index contributed by atoms with van der Waals surface area (Å²) in [6, 6.07) is 4.84. The summed E-state index contributed by atoms with van der Waals surface area (Å²) in [4.78, 5) is 6.57. The molecule has 1 aromatic rings. The summed E-state index contributed by atoms with van der Waals surface area (Å²) in [5.74, 6) is 0. The summed E-state index contributed by atoms with van der Waals surface area (Å²) in [6.45, 7) is 3.28. The zero-order chi connectivity index (χ0) is 11.4. The minimum Gasteiger partial charge on any atom is -0.315 e. The molecule has 3 nitrogen and oxygen atoms in total. The van der Waals surface area contributed by atoms with Crippen LogP contribution in [-0.2, 0) is 6.54 Å². The first-order chi connectivity index (χ1) is 7.75. The van der Waals surface area contributed by atoms with E-state index in [1.165, 1.54) is 24.9 Å². The highest BCUT2D eigenvalue weighted by atomic mass is 79.9. The van der Waals surface area contributed by atoms with Gasteiger partial charge >= 0.3 is 0 Å². The number of likely N-dealkylation sites (N-methyl/N-ethyl adjacent to an activating group) is 1. The molecule has 0 spiro atoms. The molecule has 88 valence electrons. The third-order valence-electron chi connectivity index (χ3n) is 3.12. The van der Waals surface area contributed by atoms with Crippen LogP contribution in [0.25, 0.3) is 0 Å². The van der Waals surface area contributed by atoms with Gasteiger partial charge in [-0.2, -0.15) is 0 Å². The average molecular weight is 284 g/mol. The topological polar surface area (TPSA) is 28.2 Å². The van der Waals surface area contributed by atoms with Crippen molar-refractivity contribution in [3.05, 3.63) is 28.5 Å². The maximum absolute atomic E-state index is 4.15. The predicted octanol–water partition coefficient (Wildman–Crippen LogP) is 2.03. The molecular weight excluding hydrogens is 266 g/mol. The zero-order valence-electron chi connectivity index (χ0n) is 9.62. The smallest absolute Gasteiger partial charge is 0.106 e. The van der Waals surface area contributed by atoms with Gasteiger partial charge in [-0.1, -0.05) is 0 Å². The van der Waals surface area contributed by atoms with Crippen molar-refractivity contribution < 1.29 is 0 Å². The van der Waals surface area contributed by atoms with E-state index in [4.69, 9.17) is 0 Å². The molecule has 1 unspecified atom stereocenters. The molecule has 0 saturated carbocycles. The zero-order valence-corrected chi connectivity index (χ0v) is 11.2. The van der Waals surface area contributed by atoms with Gasteiger partial charge in [-0.3, -0.25) is 4.90 Å². The Bertz CT molecular complexity index is 337. The van der Waals surface area contributed by atoms with Crippen LogP contribution in [0.4, 0.5) is 0 Å². The molecule has 1 atom stereocenters. The second-order valence-electron chi connectivity index (χ2n) is 4.40. The minimum absolute atomic E-state index is 0.667. The van der Waals surface area contributed by atoms with Gasteiger partial charge in [0.1, 0.15) is 4.60 Å². The van der Waals surface area contributed by atoms with Crippen molar-refractivity contribution in [2.24, 2.45) is 0 Å². The van der Waals surface area contributed by atoms with Crippen LogP contribution in [0.2, 0.25) is 0 Å². The molecule has 0 amide bonds. The Hall–Kier alpha value is -0.450. The van der Waals surface area contributed by atoms with E-state index in [-0.39, 0.29) is 0 Å². The number of hydrogen-bond donors (Lipinski definition) is 1. The summed E-state index contributed by atoms with van der Waals surface area (Å²) in [5, 5.41) is 3.45. The third kappa shape index (κ3) is 3.27. The highest BCUT2D eigenvalue weighted by Crippen LogP contribution is 2.14. The summed E-state index contributed by atoms with van der Waals surface area (Å²) in [6.07, 6.45) is 4.44. The first-order valence-electron chi connectivity index (χ1n) is 5.77. The van der Waals surface area contributed by atoms with E-state index in [0.717, 1.165) is 17.7 Å². The summed E-state index contributed by atoms with van der Waals surface area (Å²) < 4.78 is 0.917. The van der Waals surface area contributed by atoms with Gasteiger partial charge in [0.2, 0.25) is 0 Å². The molecule has 4 heteroatoms. The van der Waals surface area contributed by atoms with E-state index in [1.807, 2.05) is 6.20 Å². The van der Waals surface area contributed by atoms with Crippen LogP contribution < -0.4 is 5.32 Å². The van der Waals surface area contributed by atoms with Crippen molar-refractivity contribution in [3.8, 4) is 0 Å². The maximum Gasteiger partial charge on any atom is 0.106 e. The number of hydrogen-bond acceptors (Lipinski definition) is 3. The molecule has 1 aliphatic heterocycles. The minimum atomic E-state index is 0.667. The summed E-state index contributed by atoms with van der Waals surface area (Å²) in [7, 11) is 2.20. The number of halogens is 1. The van der Waals surface area contributed by atoms with Crippen LogP contribution in [0, 0.1) is 0 Å². The highest BCUT2D eigenvalue weighted by Gasteiger charge is 2.17. The Kier molecular flexibility index (Phi) is 4.32. The molecule has 2 rings (SSSR count). The Morgan fingerprint density at radius 1 is 1.62 bits per heavy atom. The second kappa shape index (κ2) is 5.75. The normalized spacial score (nSPS) is 21.3. The lowest BCUT2D eigenvalue weighted by molar-refractivity contribution is 0.196. The van der Waals surface area contributed by atoms with Crippen LogP contribution in [0.5, 0.6) is 0 Å². The van der Waals surface area contributed by atoms with Gasteiger partial charge in [0.25, 0.3) is 0 Å². The van der Waals surface area contributed by atoms with Crippen LogP contribution in [0.1, 0.15) is 18.4 Å². The lowest BCUT2D eigenvalue weighted by Crippen LogP contribution is -2.43. The van der Waals surface area contributed by atoms with Crippen LogP contribution in [0.3, 0.4) is 0 Å². The Balaban J connectivity index is 1.93. The summed E-state index contributed by atoms with van der Waals surface area (Å²) in [5.41, 5.74) is 1.31. The Labute approximate surface area is 105 Å². The number of piperidine rings is 1. The van der Waals surface area contributed by atoms with Crippen molar-refractivity contribution in [2.75, 3.05) is 20.1 Å². The number of aromatic nitrogens is 1. The average Bonchev–Trinajstić information content (AvgIpc) is 2.30. The molecule has 0 bridgehead atoms. The largest absolute Gasteiger partial charge is 0.315 e. The van der Waals surface area contributed by atoms with Crippen molar-refractivity contribution in [3.63, 3.8) is 0 Å². The molecule has 1 saturated heterocycles. The quantitative estimate of drug-likeness (QED) is 0.861. The van der Waals surface area contributed by atoms with Crippen molar-refractivity contribution >= 4 is 15.9 Å². The van der Waals surface area contributed by atoms with Crippen molar-refractivity contribution in [2.45, 2.75) is 25.4 Å². The molecule has 1 aromatic heterocycles. The van der Waals surface area contributed by atoms with E-state index in [0.29, 0.717) is 6.04 Å². The van der Waals surface area contributed by atoms with E-state index in [1.54, 1.807) is 0 Å². The molecule has 0 aromatic carbocycles. The van der Waals surface area contributed by atoms with E-state index < -0.39 is 0 Å². The second-order valence-corrected chi connectivity index (χ2v) is 5.21. The molecule has 0 radical (unpaired) electrons. The Morgan fingerprint density at radius 2 is 2.50 bits per heavy atom. The number of rotatable bonds is 3. The Morgan fingerprint density at radius 3 is 3.19 bits per heavy atom. The lowest BCUT2D eigenvalue weighted by Gasteiger charge is -2.31. The monoisotopic (exact) mass is 283 g/mol. The molecule has 16 heavy (non-hydrogen) atoms. The van der Waals surface area contributed by atoms with Gasteiger partial charge in [0.15, 0.2) is 0 Å². The van der Waals surface area contributed by atoms with Gasteiger partial charge < -0.3 is 5.32 Å². The highest BCUT2D eigenvalue weighted by molar-refractivity contribution is 9.10. The van der Waals surface area contributed by atoms with Gasteiger partial charge in [-0.25, -0.2) is 4.98 Å². The van der Waals surface area contributed by atoms with Gasteiger partial charge in [0.05, 0.1) is 0 Å². The number of nitrogens with one attached hydrogen (secondary N) is 1. The van der Waals surface area contributed by atoms with Crippen molar-refractivity contribution in [1.29, 1.82) is 0 Å². The van der Waals surface area contributed by atoms with Crippen LogP contribution in [-0.4, -0.2) is 36.1 Å². The standard InChI is InChI=1S/C12H18BrN3/c1-16(11-3-2-5-14-8-11)9-10-4-6-15-12(13)7-10/h4,6-7,11,14H,2-3,5,8-9H2,1H3. The molecule has 1 aliphatic rings. The van der Waals surface area contributed by atoms with E-state index in [9.17, 15) is 0 Å². The van der Waals surface area contributed by atoms with E-state index in [2.05, 4.69) is 50.3 Å². The van der Waals surface area contributed by atoms with Gasteiger partial charge in [0, 0.05) is 25.3 Å². The third-order valence-corrected chi connectivity index (χ3v) is 3.55. The first-order valence-corrected chi connectivity index (χ1v) is 6.56. The molecular formula is C12H18BrN3. The fourth-order valence-corrected chi connectivity index (χ4v) is 2.58. The molecule has 0 aliphatic carbocycles. The van der Waals surface area contributed by atoms with Gasteiger partial charge in [-0.15, -0.1) is 0 Å². The SMILES string of the molecule is CN(Cc1ccnc(Br)c1)C1CCCNC1.